The van der Waals surface area contributed by atoms with Gasteiger partial charge in [0.15, 0.2) is 0 Å². The first kappa shape index (κ1) is 21.6. The third-order valence-corrected chi connectivity index (χ3v) is 4.37. The third-order valence-electron chi connectivity index (χ3n) is 4.37. The average Bonchev–Trinajstić information content (AvgIpc) is 2.78. The van der Waals surface area contributed by atoms with Crippen LogP contribution >= 0.6 is 0 Å². The number of carbonyl (C=O) groups excluding carboxylic acids is 3. The van der Waals surface area contributed by atoms with Gasteiger partial charge in [-0.3, -0.25) is 14.4 Å². The Hall–Kier alpha value is -4.13. The number of nitrogens with one attached hydrogen (secondary N) is 2. The van der Waals surface area contributed by atoms with Gasteiger partial charge in [-0.05, 0) is 60.2 Å². The van der Waals surface area contributed by atoms with E-state index in [1.807, 2.05) is 12.1 Å². The maximum Gasteiger partial charge on any atom is 0.308 e. The van der Waals surface area contributed by atoms with Crippen molar-refractivity contribution in [2.24, 2.45) is 0 Å². The van der Waals surface area contributed by atoms with E-state index in [2.05, 4.69) is 10.6 Å². The summed E-state index contributed by atoms with van der Waals surface area (Å²) in [6.45, 7) is 1.65. The van der Waals surface area contributed by atoms with Gasteiger partial charge in [-0.2, -0.15) is 0 Å². The van der Waals surface area contributed by atoms with Crippen molar-refractivity contribution in [3.8, 4) is 11.5 Å². The molecule has 0 unspecified atom stereocenters. The predicted molar refractivity (Wildman–Crippen MR) is 116 cm³/mol. The van der Waals surface area contributed by atoms with Crippen LogP contribution in [-0.2, 0) is 11.3 Å². The number of carbonyl (C=O) groups is 3. The number of amides is 2. The van der Waals surface area contributed by atoms with Crippen molar-refractivity contribution in [3.05, 3.63) is 89.5 Å². The number of methoxy groups -OCH3 is 1. The summed E-state index contributed by atoms with van der Waals surface area (Å²) >= 11 is 0. The topological polar surface area (TPSA) is 93.7 Å². The molecule has 0 aliphatic carbocycles. The molecule has 0 saturated carbocycles. The molecule has 7 nitrogen and oxygen atoms in total. The molecular formula is C24H22N2O5. The standard InChI is InChI=1S/C24H22N2O5/c1-16(27)31-22-5-3-4-19(14-22)24(29)26-20-10-6-17(7-11-20)15-25-23(28)18-8-12-21(30-2)13-9-18/h3-14H,15H2,1-2H3,(H,25,28)(H,26,29). The molecule has 0 bridgehead atoms. The molecule has 0 aliphatic rings. The molecule has 0 heterocycles. The van der Waals surface area contributed by atoms with Gasteiger partial charge in [-0.15, -0.1) is 0 Å². The highest BCUT2D eigenvalue weighted by atomic mass is 16.5. The van der Waals surface area contributed by atoms with E-state index in [-0.39, 0.29) is 11.8 Å². The molecule has 2 amide bonds. The van der Waals surface area contributed by atoms with Crippen LogP contribution in [0.1, 0.15) is 33.2 Å². The molecule has 7 heteroatoms. The van der Waals surface area contributed by atoms with Crippen molar-refractivity contribution in [1.29, 1.82) is 0 Å². The zero-order valence-corrected chi connectivity index (χ0v) is 17.2. The molecule has 3 rings (SSSR count). The fourth-order valence-electron chi connectivity index (χ4n) is 2.80. The monoisotopic (exact) mass is 418 g/mol. The minimum absolute atomic E-state index is 0.187. The molecular weight excluding hydrogens is 396 g/mol. The van der Waals surface area contributed by atoms with Crippen molar-refractivity contribution in [2.75, 3.05) is 12.4 Å². The number of rotatable bonds is 7. The van der Waals surface area contributed by atoms with E-state index in [0.29, 0.717) is 34.9 Å². The molecule has 0 atom stereocenters. The van der Waals surface area contributed by atoms with Crippen molar-refractivity contribution < 1.29 is 23.9 Å². The normalized spacial score (nSPS) is 10.1. The SMILES string of the molecule is COc1ccc(C(=O)NCc2ccc(NC(=O)c3cccc(OC(C)=O)c3)cc2)cc1. The Morgan fingerprint density at radius 2 is 1.52 bits per heavy atom. The lowest BCUT2D eigenvalue weighted by molar-refractivity contribution is -0.131. The predicted octanol–water partition coefficient (Wildman–Crippen LogP) is 3.80. The summed E-state index contributed by atoms with van der Waals surface area (Å²) in [6.07, 6.45) is 0. The summed E-state index contributed by atoms with van der Waals surface area (Å²) in [5.41, 5.74) is 2.40. The van der Waals surface area contributed by atoms with Crippen molar-refractivity contribution in [3.63, 3.8) is 0 Å². The largest absolute Gasteiger partial charge is 0.497 e. The van der Waals surface area contributed by atoms with E-state index in [1.54, 1.807) is 61.7 Å². The molecule has 2 N–H and O–H groups in total. The second-order valence-corrected chi connectivity index (χ2v) is 6.68. The fourth-order valence-corrected chi connectivity index (χ4v) is 2.80. The number of hydrogen-bond acceptors (Lipinski definition) is 5. The number of ether oxygens (including phenoxy) is 2. The summed E-state index contributed by atoms with van der Waals surface area (Å²) < 4.78 is 10.1. The summed E-state index contributed by atoms with van der Waals surface area (Å²) in [4.78, 5) is 35.7. The van der Waals surface area contributed by atoms with E-state index >= 15 is 0 Å². The van der Waals surface area contributed by atoms with Crippen molar-refractivity contribution in [2.45, 2.75) is 13.5 Å². The summed E-state index contributed by atoms with van der Waals surface area (Å²) in [5, 5.41) is 5.64. The van der Waals surface area contributed by atoms with Crippen LogP contribution in [-0.4, -0.2) is 24.9 Å². The molecule has 158 valence electrons. The Morgan fingerprint density at radius 1 is 0.806 bits per heavy atom. The smallest absolute Gasteiger partial charge is 0.308 e. The van der Waals surface area contributed by atoms with Crippen LogP contribution in [0.5, 0.6) is 11.5 Å². The van der Waals surface area contributed by atoms with E-state index < -0.39 is 5.97 Å². The molecule has 31 heavy (non-hydrogen) atoms. The highest BCUT2D eigenvalue weighted by Crippen LogP contribution is 2.16. The minimum atomic E-state index is -0.452. The van der Waals surface area contributed by atoms with Crippen molar-refractivity contribution >= 4 is 23.5 Å². The van der Waals surface area contributed by atoms with E-state index in [9.17, 15) is 14.4 Å². The van der Waals surface area contributed by atoms with Gasteiger partial charge in [0.1, 0.15) is 11.5 Å². The lowest BCUT2D eigenvalue weighted by atomic mass is 10.1. The lowest BCUT2D eigenvalue weighted by Gasteiger charge is -2.09. The number of hydrogen-bond donors (Lipinski definition) is 2. The molecule has 0 radical (unpaired) electrons. The van der Waals surface area contributed by atoms with E-state index in [4.69, 9.17) is 9.47 Å². The quantitative estimate of drug-likeness (QED) is 0.450. The maximum atomic E-state index is 12.4. The van der Waals surface area contributed by atoms with Gasteiger partial charge < -0.3 is 20.1 Å². The summed E-state index contributed by atoms with van der Waals surface area (Å²) in [5.74, 6) is 0.0323. The highest BCUT2D eigenvalue weighted by Gasteiger charge is 2.09. The summed E-state index contributed by atoms with van der Waals surface area (Å²) in [7, 11) is 1.57. The number of anilines is 1. The molecule has 0 saturated heterocycles. The first-order valence-electron chi connectivity index (χ1n) is 9.55. The minimum Gasteiger partial charge on any atom is -0.497 e. The zero-order chi connectivity index (χ0) is 22.2. The number of esters is 1. The van der Waals surface area contributed by atoms with Gasteiger partial charge in [0.25, 0.3) is 11.8 Å². The van der Waals surface area contributed by atoms with Crippen LogP contribution in [0, 0.1) is 0 Å². The first-order chi connectivity index (χ1) is 14.9. The fraction of sp³-hybridized carbons (Fsp3) is 0.125. The van der Waals surface area contributed by atoms with Crippen LogP contribution in [0.4, 0.5) is 5.69 Å². The Labute approximate surface area is 180 Å². The van der Waals surface area contributed by atoms with E-state index in [1.165, 1.54) is 13.0 Å². The van der Waals surface area contributed by atoms with Gasteiger partial charge in [0.05, 0.1) is 7.11 Å². The lowest BCUT2D eigenvalue weighted by Crippen LogP contribution is -2.22. The highest BCUT2D eigenvalue weighted by molar-refractivity contribution is 6.04. The van der Waals surface area contributed by atoms with Crippen LogP contribution < -0.4 is 20.1 Å². The third kappa shape index (κ3) is 6.17. The van der Waals surface area contributed by atoms with Crippen LogP contribution in [0.25, 0.3) is 0 Å². The van der Waals surface area contributed by atoms with Gasteiger partial charge in [-0.25, -0.2) is 0 Å². The molecule has 0 aromatic heterocycles. The van der Waals surface area contributed by atoms with Crippen LogP contribution in [0.2, 0.25) is 0 Å². The second-order valence-electron chi connectivity index (χ2n) is 6.68. The Bertz CT molecular complexity index is 1080. The maximum absolute atomic E-state index is 12.4. The Morgan fingerprint density at radius 3 is 2.16 bits per heavy atom. The number of benzene rings is 3. The molecule has 0 fully saturated rings. The second kappa shape index (κ2) is 10.1. The van der Waals surface area contributed by atoms with Gasteiger partial charge >= 0.3 is 5.97 Å². The van der Waals surface area contributed by atoms with Gasteiger partial charge in [0, 0.05) is 30.3 Å². The molecule has 0 aliphatic heterocycles. The van der Waals surface area contributed by atoms with Crippen molar-refractivity contribution in [1.82, 2.24) is 5.32 Å². The Kier molecular flexibility index (Phi) is 7.01. The Balaban J connectivity index is 1.55. The van der Waals surface area contributed by atoms with E-state index in [0.717, 1.165) is 5.56 Å². The van der Waals surface area contributed by atoms with Crippen LogP contribution in [0.3, 0.4) is 0 Å². The average molecular weight is 418 g/mol. The molecule has 0 spiro atoms. The van der Waals surface area contributed by atoms with Crippen LogP contribution in [0.15, 0.2) is 72.8 Å². The summed E-state index contributed by atoms with van der Waals surface area (Å²) in [6, 6.07) is 20.4. The molecule has 3 aromatic carbocycles. The first-order valence-corrected chi connectivity index (χ1v) is 9.55. The molecule has 3 aromatic rings. The van der Waals surface area contributed by atoms with Gasteiger partial charge in [0.2, 0.25) is 0 Å². The van der Waals surface area contributed by atoms with Gasteiger partial charge in [-0.1, -0.05) is 18.2 Å². The zero-order valence-electron chi connectivity index (χ0n) is 17.2.